The van der Waals surface area contributed by atoms with Crippen molar-refractivity contribution < 1.29 is 14.3 Å². The molecular weight excluding hydrogens is 232 g/mol. The zero-order valence-corrected chi connectivity index (χ0v) is 10.5. The predicted molar refractivity (Wildman–Crippen MR) is 66.2 cm³/mol. The molecule has 1 heterocycles. The third-order valence-electron chi connectivity index (χ3n) is 2.61. The van der Waals surface area contributed by atoms with Crippen LogP contribution in [0.25, 0.3) is 0 Å². The fraction of sp³-hybridized carbons (Fsp3) is 0.231. The van der Waals surface area contributed by atoms with E-state index in [1.165, 1.54) is 7.11 Å². The highest BCUT2D eigenvalue weighted by Gasteiger charge is 2.13. The van der Waals surface area contributed by atoms with Crippen molar-refractivity contribution in [2.24, 2.45) is 7.05 Å². The first-order chi connectivity index (χ1) is 8.65. The Balaban J connectivity index is 2.36. The molecule has 0 saturated carbocycles. The first-order valence-electron chi connectivity index (χ1n) is 5.41. The van der Waals surface area contributed by atoms with Gasteiger partial charge < -0.3 is 9.47 Å². The largest absolute Gasteiger partial charge is 0.493 e. The number of hydrogen-bond acceptors (Lipinski definition) is 4. The highest BCUT2D eigenvalue weighted by Crippen LogP contribution is 2.28. The lowest BCUT2D eigenvalue weighted by Gasteiger charge is -2.08. The van der Waals surface area contributed by atoms with Crippen LogP contribution in [0.4, 0.5) is 0 Å². The van der Waals surface area contributed by atoms with E-state index in [-0.39, 0.29) is 5.78 Å². The van der Waals surface area contributed by atoms with Crippen LogP contribution in [0.3, 0.4) is 0 Å². The number of rotatable bonds is 4. The van der Waals surface area contributed by atoms with E-state index in [1.807, 2.05) is 0 Å². The monoisotopic (exact) mass is 246 g/mol. The SMILES string of the molecule is COc1ccc(C(=O)c2cnn(C)c2)cc1OC. The molecule has 0 aliphatic carbocycles. The number of carbonyl (C=O) groups is 1. The summed E-state index contributed by atoms with van der Waals surface area (Å²) in [6.07, 6.45) is 3.22. The van der Waals surface area contributed by atoms with E-state index in [9.17, 15) is 4.79 Å². The molecule has 0 aliphatic rings. The number of carbonyl (C=O) groups excluding carboxylic acids is 1. The van der Waals surface area contributed by atoms with Crippen LogP contribution in [0.2, 0.25) is 0 Å². The smallest absolute Gasteiger partial charge is 0.196 e. The molecule has 0 amide bonds. The number of aromatic nitrogens is 2. The molecule has 2 rings (SSSR count). The summed E-state index contributed by atoms with van der Waals surface area (Å²) < 4.78 is 11.9. The molecule has 0 bridgehead atoms. The molecule has 5 nitrogen and oxygen atoms in total. The number of benzene rings is 1. The third kappa shape index (κ3) is 2.20. The summed E-state index contributed by atoms with van der Waals surface area (Å²) in [6, 6.07) is 5.08. The summed E-state index contributed by atoms with van der Waals surface area (Å²) in [5.41, 5.74) is 1.09. The lowest BCUT2D eigenvalue weighted by Crippen LogP contribution is -2.01. The van der Waals surface area contributed by atoms with Crippen molar-refractivity contribution in [3.63, 3.8) is 0 Å². The van der Waals surface area contributed by atoms with Gasteiger partial charge in [-0.1, -0.05) is 0 Å². The zero-order chi connectivity index (χ0) is 13.1. The summed E-state index contributed by atoms with van der Waals surface area (Å²) in [5, 5.41) is 3.98. The van der Waals surface area contributed by atoms with Gasteiger partial charge >= 0.3 is 0 Å². The molecule has 0 spiro atoms. The van der Waals surface area contributed by atoms with Gasteiger partial charge in [0.05, 0.1) is 26.0 Å². The second kappa shape index (κ2) is 4.91. The van der Waals surface area contributed by atoms with Gasteiger partial charge in [0.15, 0.2) is 17.3 Å². The van der Waals surface area contributed by atoms with Crippen LogP contribution < -0.4 is 9.47 Å². The average Bonchev–Trinajstić information content (AvgIpc) is 2.83. The highest BCUT2D eigenvalue weighted by molar-refractivity contribution is 6.09. The minimum absolute atomic E-state index is 0.0935. The average molecular weight is 246 g/mol. The van der Waals surface area contributed by atoms with E-state index >= 15 is 0 Å². The second-order valence-corrected chi connectivity index (χ2v) is 3.80. The molecule has 0 radical (unpaired) electrons. The van der Waals surface area contributed by atoms with Crippen molar-refractivity contribution in [1.82, 2.24) is 9.78 Å². The van der Waals surface area contributed by atoms with Crippen molar-refractivity contribution in [2.45, 2.75) is 0 Å². The van der Waals surface area contributed by atoms with Gasteiger partial charge in [-0.2, -0.15) is 5.10 Å². The molecule has 0 N–H and O–H groups in total. The van der Waals surface area contributed by atoms with E-state index in [1.54, 1.807) is 49.4 Å². The molecule has 1 aromatic heterocycles. The van der Waals surface area contributed by atoms with Crippen molar-refractivity contribution >= 4 is 5.78 Å². The minimum Gasteiger partial charge on any atom is -0.493 e. The fourth-order valence-corrected chi connectivity index (χ4v) is 1.68. The quantitative estimate of drug-likeness (QED) is 0.770. The molecule has 0 saturated heterocycles. The Labute approximate surface area is 105 Å². The van der Waals surface area contributed by atoms with Gasteiger partial charge in [-0.15, -0.1) is 0 Å². The molecular formula is C13H14N2O3. The van der Waals surface area contributed by atoms with Crippen molar-refractivity contribution in [2.75, 3.05) is 14.2 Å². The highest BCUT2D eigenvalue weighted by atomic mass is 16.5. The molecule has 1 aromatic carbocycles. The van der Waals surface area contributed by atoms with Crippen LogP contribution in [0.15, 0.2) is 30.6 Å². The molecule has 0 aliphatic heterocycles. The minimum atomic E-state index is -0.0935. The van der Waals surface area contributed by atoms with Gasteiger partial charge in [-0.05, 0) is 18.2 Å². The molecule has 18 heavy (non-hydrogen) atoms. The Morgan fingerprint density at radius 2 is 1.89 bits per heavy atom. The number of aryl methyl sites for hydroxylation is 1. The summed E-state index contributed by atoms with van der Waals surface area (Å²) >= 11 is 0. The Morgan fingerprint density at radius 3 is 2.44 bits per heavy atom. The van der Waals surface area contributed by atoms with Crippen LogP contribution in [-0.4, -0.2) is 29.8 Å². The van der Waals surface area contributed by atoms with Gasteiger partial charge in [0.2, 0.25) is 0 Å². The van der Waals surface area contributed by atoms with Gasteiger partial charge in [0.25, 0.3) is 0 Å². The lowest BCUT2D eigenvalue weighted by atomic mass is 10.1. The van der Waals surface area contributed by atoms with Crippen LogP contribution >= 0.6 is 0 Å². The zero-order valence-electron chi connectivity index (χ0n) is 10.5. The van der Waals surface area contributed by atoms with E-state index in [0.29, 0.717) is 22.6 Å². The molecule has 0 fully saturated rings. The molecule has 5 heteroatoms. The van der Waals surface area contributed by atoms with E-state index in [2.05, 4.69) is 5.10 Å². The van der Waals surface area contributed by atoms with Crippen LogP contribution in [0.5, 0.6) is 11.5 Å². The van der Waals surface area contributed by atoms with E-state index in [0.717, 1.165) is 0 Å². The maximum atomic E-state index is 12.2. The fourth-order valence-electron chi connectivity index (χ4n) is 1.68. The van der Waals surface area contributed by atoms with Gasteiger partial charge in [-0.3, -0.25) is 9.48 Å². The van der Waals surface area contributed by atoms with Crippen LogP contribution in [0, 0.1) is 0 Å². The topological polar surface area (TPSA) is 53.3 Å². The normalized spacial score (nSPS) is 10.2. The standard InChI is InChI=1S/C13H14N2O3/c1-15-8-10(7-14-15)13(16)9-4-5-11(17-2)12(6-9)18-3/h4-8H,1-3H3. The summed E-state index contributed by atoms with van der Waals surface area (Å²) in [7, 11) is 4.86. The summed E-state index contributed by atoms with van der Waals surface area (Å²) in [4.78, 5) is 12.2. The molecule has 2 aromatic rings. The molecule has 0 atom stereocenters. The first kappa shape index (κ1) is 12.2. The van der Waals surface area contributed by atoms with E-state index < -0.39 is 0 Å². The van der Waals surface area contributed by atoms with Crippen LogP contribution in [0.1, 0.15) is 15.9 Å². The number of hydrogen-bond donors (Lipinski definition) is 0. The number of ketones is 1. The van der Waals surface area contributed by atoms with Gasteiger partial charge in [-0.25, -0.2) is 0 Å². The Bertz CT molecular complexity index is 575. The van der Waals surface area contributed by atoms with Crippen LogP contribution in [-0.2, 0) is 7.05 Å². The van der Waals surface area contributed by atoms with Crippen molar-refractivity contribution in [3.8, 4) is 11.5 Å². The summed E-state index contributed by atoms with van der Waals surface area (Å²) in [5.74, 6) is 1.04. The molecule has 0 unspecified atom stereocenters. The number of nitrogens with zero attached hydrogens (tertiary/aromatic N) is 2. The van der Waals surface area contributed by atoms with E-state index in [4.69, 9.17) is 9.47 Å². The Hall–Kier alpha value is -2.30. The summed E-state index contributed by atoms with van der Waals surface area (Å²) in [6.45, 7) is 0. The van der Waals surface area contributed by atoms with Crippen molar-refractivity contribution in [3.05, 3.63) is 41.7 Å². The van der Waals surface area contributed by atoms with Gasteiger partial charge in [0.1, 0.15) is 0 Å². The number of methoxy groups -OCH3 is 2. The second-order valence-electron chi connectivity index (χ2n) is 3.80. The third-order valence-corrected chi connectivity index (χ3v) is 2.61. The first-order valence-corrected chi connectivity index (χ1v) is 5.41. The lowest BCUT2D eigenvalue weighted by molar-refractivity contribution is 0.103. The predicted octanol–water partition coefficient (Wildman–Crippen LogP) is 1.67. The molecule has 94 valence electrons. The maximum Gasteiger partial charge on any atom is 0.196 e. The van der Waals surface area contributed by atoms with Crippen molar-refractivity contribution in [1.29, 1.82) is 0 Å². The Kier molecular flexibility index (Phi) is 3.32. The number of ether oxygens (including phenoxy) is 2. The maximum absolute atomic E-state index is 12.2. The van der Waals surface area contributed by atoms with Gasteiger partial charge in [0, 0.05) is 18.8 Å². The Morgan fingerprint density at radius 1 is 1.17 bits per heavy atom.